The maximum atomic E-state index is 13.5. The van der Waals surface area contributed by atoms with E-state index in [2.05, 4.69) is 15.8 Å². The molecule has 134 valence electrons. The molecule has 0 saturated carbocycles. The van der Waals surface area contributed by atoms with Gasteiger partial charge < -0.3 is 0 Å². The summed E-state index contributed by atoms with van der Waals surface area (Å²) < 4.78 is 28.5. The molecular weight excluding hydrogens is 336 g/mol. The van der Waals surface area contributed by atoms with E-state index < -0.39 is 15.3 Å². The van der Waals surface area contributed by atoms with Gasteiger partial charge in [0.05, 0.1) is 12.2 Å². The molecule has 2 heterocycles. The lowest BCUT2D eigenvalue weighted by molar-refractivity contribution is 0.553. The Bertz CT molecular complexity index is 816. The van der Waals surface area contributed by atoms with Gasteiger partial charge in [-0.1, -0.05) is 18.2 Å². The molecule has 1 aromatic heterocycles. The summed E-state index contributed by atoms with van der Waals surface area (Å²) in [6.07, 6.45) is 3.39. The zero-order valence-corrected chi connectivity index (χ0v) is 15.5. The lowest BCUT2D eigenvalue weighted by Gasteiger charge is -2.30. The highest BCUT2D eigenvalue weighted by atomic mass is 32.2. The normalized spacial score (nSPS) is 23.6. The summed E-state index contributed by atoms with van der Waals surface area (Å²) in [6, 6.07) is 10.9. The summed E-state index contributed by atoms with van der Waals surface area (Å²) in [4.78, 5) is 4.11. The number of anilines is 1. The maximum absolute atomic E-state index is 13.5. The molecular formula is C18H24N4O2S. The fraction of sp³-hybridized carbons (Fsp3) is 0.389. The SMILES string of the molecule is Cc1cccc(N(Cc2cccnc2)S(=O)(=O)C2C(C)NNC2C)c1. The quantitative estimate of drug-likeness (QED) is 0.853. The summed E-state index contributed by atoms with van der Waals surface area (Å²) in [5.41, 5.74) is 8.63. The predicted molar refractivity (Wildman–Crippen MR) is 99.5 cm³/mol. The molecule has 0 amide bonds. The van der Waals surface area contributed by atoms with Crippen molar-refractivity contribution < 1.29 is 8.42 Å². The number of benzene rings is 1. The molecule has 2 aromatic rings. The van der Waals surface area contributed by atoms with Crippen molar-refractivity contribution >= 4 is 15.7 Å². The molecule has 0 spiro atoms. The van der Waals surface area contributed by atoms with Gasteiger partial charge in [0.25, 0.3) is 0 Å². The van der Waals surface area contributed by atoms with Crippen molar-refractivity contribution in [1.82, 2.24) is 15.8 Å². The molecule has 0 bridgehead atoms. The average Bonchev–Trinajstić information content (AvgIpc) is 2.93. The first-order valence-electron chi connectivity index (χ1n) is 8.38. The lowest BCUT2D eigenvalue weighted by atomic mass is 10.2. The Morgan fingerprint density at radius 1 is 1.12 bits per heavy atom. The van der Waals surface area contributed by atoms with Crippen LogP contribution in [-0.2, 0) is 16.6 Å². The first kappa shape index (κ1) is 17.8. The predicted octanol–water partition coefficient (Wildman–Crippen LogP) is 1.98. The highest BCUT2D eigenvalue weighted by Gasteiger charge is 2.43. The van der Waals surface area contributed by atoms with Gasteiger partial charge in [-0.15, -0.1) is 0 Å². The third-order valence-electron chi connectivity index (χ3n) is 4.51. The van der Waals surface area contributed by atoms with Crippen molar-refractivity contribution in [3.05, 3.63) is 59.9 Å². The number of hydrogen-bond donors (Lipinski definition) is 2. The fourth-order valence-electron chi connectivity index (χ4n) is 3.29. The third-order valence-corrected chi connectivity index (χ3v) is 6.97. The average molecular weight is 360 g/mol. The second kappa shape index (κ2) is 7.11. The maximum Gasteiger partial charge on any atom is 0.241 e. The molecule has 1 fully saturated rings. The third kappa shape index (κ3) is 3.68. The highest BCUT2D eigenvalue weighted by molar-refractivity contribution is 7.93. The number of hydrazine groups is 1. The molecule has 1 aliphatic heterocycles. The number of rotatable bonds is 5. The molecule has 7 heteroatoms. The van der Waals surface area contributed by atoms with Gasteiger partial charge in [0, 0.05) is 24.5 Å². The van der Waals surface area contributed by atoms with Crippen molar-refractivity contribution in [2.75, 3.05) is 4.31 Å². The van der Waals surface area contributed by atoms with Gasteiger partial charge in [0.2, 0.25) is 10.0 Å². The summed E-state index contributed by atoms with van der Waals surface area (Å²) in [7, 11) is -3.59. The van der Waals surface area contributed by atoms with Crippen LogP contribution in [0.25, 0.3) is 0 Å². The van der Waals surface area contributed by atoms with Crippen LogP contribution in [0.5, 0.6) is 0 Å². The molecule has 25 heavy (non-hydrogen) atoms. The molecule has 2 N–H and O–H groups in total. The van der Waals surface area contributed by atoms with Crippen LogP contribution >= 0.6 is 0 Å². The van der Waals surface area contributed by atoms with E-state index in [1.54, 1.807) is 12.4 Å². The second-order valence-corrected chi connectivity index (χ2v) is 8.60. The minimum atomic E-state index is -3.59. The monoisotopic (exact) mass is 360 g/mol. The number of aromatic nitrogens is 1. The van der Waals surface area contributed by atoms with Crippen molar-refractivity contribution in [2.45, 2.75) is 44.6 Å². The van der Waals surface area contributed by atoms with E-state index in [0.717, 1.165) is 11.1 Å². The minimum absolute atomic E-state index is 0.179. The zero-order valence-electron chi connectivity index (χ0n) is 14.7. The van der Waals surface area contributed by atoms with E-state index in [1.807, 2.05) is 57.2 Å². The lowest BCUT2D eigenvalue weighted by Crippen LogP contribution is -2.46. The summed E-state index contributed by atoms with van der Waals surface area (Å²) >= 11 is 0. The Morgan fingerprint density at radius 2 is 1.84 bits per heavy atom. The van der Waals surface area contributed by atoms with Gasteiger partial charge in [0.1, 0.15) is 5.25 Å². The number of sulfonamides is 1. The first-order chi connectivity index (χ1) is 11.9. The Hall–Kier alpha value is -1.96. The van der Waals surface area contributed by atoms with Crippen LogP contribution in [0.2, 0.25) is 0 Å². The van der Waals surface area contributed by atoms with Gasteiger partial charge in [-0.3, -0.25) is 20.1 Å². The molecule has 1 saturated heterocycles. The number of hydrogen-bond acceptors (Lipinski definition) is 5. The molecule has 0 aliphatic carbocycles. The summed E-state index contributed by atoms with van der Waals surface area (Å²) in [5.74, 6) is 0. The Morgan fingerprint density at radius 3 is 2.44 bits per heavy atom. The van der Waals surface area contributed by atoms with Gasteiger partial charge in [-0.25, -0.2) is 8.42 Å². The number of pyridine rings is 1. The van der Waals surface area contributed by atoms with Crippen molar-refractivity contribution in [2.24, 2.45) is 0 Å². The van der Waals surface area contributed by atoms with Crippen molar-refractivity contribution in [3.8, 4) is 0 Å². The molecule has 2 atom stereocenters. The van der Waals surface area contributed by atoms with E-state index in [4.69, 9.17) is 0 Å². The molecule has 0 radical (unpaired) electrons. The molecule has 1 aliphatic rings. The zero-order chi connectivity index (χ0) is 18.0. The Balaban J connectivity index is 2.04. The van der Waals surface area contributed by atoms with E-state index >= 15 is 0 Å². The summed E-state index contributed by atoms with van der Waals surface area (Å²) in [5, 5.41) is -0.551. The van der Waals surface area contributed by atoms with Gasteiger partial charge >= 0.3 is 0 Å². The van der Waals surface area contributed by atoms with Crippen LogP contribution in [-0.4, -0.2) is 30.7 Å². The highest BCUT2D eigenvalue weighted by Crippen LogP contribution is 2.28. The molecule has 1 aromatic carbocycles. The smallest absolute Gasteiger partial charge is 0.241 e. The fourth-order valence-corrected chi connectivity index (χ4v) is 5.49. The first-order valence-corrected chi connectivity index (χ1v) is 9.88. The van der Waals surface area contributed by atoms with Crippen LogP contribution in [0.3, 0.4) is 0 Å². The topological polar surface area (TPSA) is 74.3 Å². The molecule has 3 rings (SSSR count). The van der Waals surface area contributed by atoms with E-state index in [9.17, 15) is 8.42 Å². The summed E-state index contributed by atoms with van der Waals surface area (Å²) in [6.45, 7) is 5.99. The van der Waals surface area contributed by atoms with Gasteiger partial charge in [-0.05, 0) is 50.1 Å². The van der Waals surface area contributed by atoms with Crippen molar-refractivity contribution in [1.29, 1.82) is 0 Å². The van der Waals surface area contributed by atoms with Crippen LogP contribution in [0.15, 0.2) is 48.8 Å². The molecule has 6 nitrogen and oxygen atoms in total. The van der Waals surface area contributed by atoms with E-state index in [1.165, 1.54) is 4.31 Å². The van der Waals surface area contributed by atoms with E-state index in [0.29, 0.717) is 5.69 Å². The second-order valence-electron chi connectivity index (χ2n) is 6.58. The van der Waals surface area contributed by atoms with E-state index in [-0.39, 0.29) is 18.6 Å². The van der Waals surface area contributed by atoms with Crippen LogP contribution in [0.1, 0.15) is 25.0 Å². The van der Waals surface area contributed by atoms with Crippen LogP contribution < -0.4 is 15.2 Å². The largest absolute Gasteiger partial charge is 0.265 e. The Labute approximate surface area is 149 Å². The number of nitrogens with zero attached hydrogens (tertiary/aromatic N) is 2. The minimum Gasteiger partial charge on any atom is -0.265 e. The number of nitrogens with one attached hydrogen (secondary N) is 2. The van der Waals surface area contributed by atoms with Crippen LogP contribution in [0, 0.1) is 6.92 Å². The Kier molecular flexibility index (Phi) is 5.08. The van der Waals surface area contributed by atoms with Gasteiger partial charge in [-0.2, -0.15) is 0 Å². The van der Waals surface area contributed by atoms with Gasteiger partial charge in [0.15, 0.2) is 0 Å². The van der Waals surface area contributed by atoms with Crippen LogP contribution in [0.4, 0.5) is 5.69 Å². The van der Waals surface area contributed by atoms with Crippen molar-refractivity contribution in [3.63, 3.8) is 0 Å². The standard InChI is InChI=1S/C18H24N4O2S/c1-13-6-4-8-17(10-13)22(12-16-7-5-9-19-11-16)25(23,24)18-14(2)20-21-15(18)3/h4-11,14-15,18,20-21H,12H2,1-3H3. The number of aryl methyl sites for hydroxylation is 1. The molecule has 2 unspecified atom stereocenters.